The maximum atomic E-state index is 15.1. The second-order valence-corrected chi connectivity index (χ2v) is 7.98. The number of rotatable bonds is 5. The molecule has 30 heavy (non-hydrogen) atoms. The van der Waals surface area contributed by atoms with Crippen molar-refractivity contribution in [1.29, 1.82) is 0 Å². The van der Waals surface area contributed by atoms with Crippen LogP contribution in [-0.2, 0) is 4.84 Å². The predicted molar refractivity (Wildman–Crippen MR) is 114 cm³/mol. The molecule has 1 atom stereocenters. The van der Waals surface area contributed by atoms with Crippen LogP contribution in [0.5, 0.6) is 0 Å². The molecule has 3 N–H and O–H groups in total. The van der Waals surface area contributed by atoms with Crippen molar-refractivity contribution in [2.45, 2.75) is 25.8 Å². The number of nitrogens with two attached hydrogens (primary N) is 1. The van der Waals surface area contributed by atoms with Crippen molar-refractivity contribution < 1.29 is 19.1 Å². The van der Waals surface area contributed by atoms with Crippen molar-refractivity contribution in [3.05, 3.63) is 39.9 Å². The molecule has 0 spiro atoms. The molecule has 1 aromatic carbocycles. The number of carbonyl (C=O) groups is 1. The highest BCUT2D eigenvalue weighted by atomic mass is 35.5. The Bertz CT molecular complexity index is 1100. The highest BCUT2D eigenvalue weighted by Crippen LogP contribution is 2.39. The summed E-state index contributed by atoms with van der Waals surface area (Å²) >= 11 is 0. The van der Waals surface area contributed by atoms with Crippen LogP contribution in [0.3, 0.4) is 0 Å². The first-order valence-electron chi connectivity index (χ1n) is 9.46. The number of aromatic nitrogens is 1. The zero-order valence-electron chi connectivity index (χ0n) is 16.7. The van der Waals surface area contributed by atoms with Crippen LogP contribution in [-0.4, -0.2) is 48.1 Å². The zero-order valence-corrected chi connectivity index (χ0v) is 17.5. The number of oxime groups is 1. The minimum atomic E-state index is -1.31. The highest BCUT2D eigenvalue weighted by molar-refractivity contribution is 5.98. The van der Waals surface area contributed by atoms with E-state index in [2.05, 4.69) is 5.16 Å². The van der Waals surface area contributed by atoms with Crippen molar-refractivity contribution in [2.75, 3.05) is 31.6 Å². The van der Waals surface area contributed by atoms with E-state index < -0.39 is 22.6 Å². The number of nitrogens with zero attached hydrogens (tertiary/aromatic N) is 3. The molecule has 10 heteroatoms. The standard InChI is InChI=1S/C20H23FN4O4.ClH/c1-20(9-22)10-24(8-17(20)23-29-2)16-6-15-12(5-14(16)21)18(26)13(19(27)28)7-25(15)11-3-4-11;/h5-7,11H,3-4,8-10,22H2,1-2H3,(H,27,28);1H. The number of anilines is 1. The number of benzene rings is 1. The number of pyridine rings is 1. The van der Waals surface area contributed by atoms with Gasteiger partial charge in [-0.2, -0.15) is 0 Å². The molecule has 1 aliphatic heterocycles. The smallest absolute Gasteiger partial charge is 0.341 e. The van der Waals surface area contributed by atoms with Crippen LogP contribution >= 0.6 is 12.4 Å². The van der Waals surface area contributed by atoms with E-state index in [1.807, 2.05) is 11.8 Å². The molecule has 4 rings (SSSR count). The second kappa shape index (κ2) is 7.88. The van der Waals surface area contributed by atoms with Crippen LogP contribution < -0.4 is 16.1 Å². The summed E-state index contributed by atoms with van der Waals surface area (Å²) in [6.07, 6.45) is 3.16. The van der Waals surface area contributed by atoms with Gasteiger partial charge >= 0.3 is 5.97 Å². The van der Waals surface area contributed by atoms with Crippen LogP contribution in [0.2, 0.25) is 0 Å². The number of hydrogen-bond donors (Lipinski definition) is 2. The topological polar surface area (TPSA) is 110 Å². The molecule has 0 radical (unpaired) electrons. The summed E-state index contributed by atoms with van der Waals surface area (Å²) in [4.78, 5) is 30.8. The minimum Gasteiger partial charge on any atom is -0.477 e. The van der Waals surface area contributed by atoms with Gasteiger partial charge in [0.05, 0.1) is 23.5 Å². The number of aromatic carboxylic acids is 1. The van der Waals surface area contributed by atoms with Crippen LogP contribution in [0, 0.1) is 11.2 Å². The molecule has 2 fully saturated rings. The first kappa shape index (κ1) is 22.0. The molecule has 0 amide bonds. The van der Waals surface area contributed by atoms with Crippen LogP contribution in [0.25, 0.3) is 10.9 Å². The highest BCUT2D eigenvalue weighted by Gasteiger charge is 2.41. The monoisotopic (exact) mass is 438 g/mol. The summed E-state index contributed by atoms with van der Waals surface area (Å²) in [5.41, 5.74) is 6.05. The molecule has 1 saturated carbocycles. The van der Waals surface area contributed by atoms with Crippen LogP contribution in [0.4, 0.5) is 10.1 Å². The lowest BCUT2D eigenvalue weighted by Crippen LogP contribution is -2.35. The van der Waals surface area contributed by atoms with Gasteiger partial charge in [0.15, 0.2) is 0 Å². The summed E-state index contributed by atoms with van der Waals surface area (Å²) < 4.78 is 16.8. The summed E-state index contributed by atoms with van der Waals surface area (Å²) in [7, 11) is 1.46. The van der Waals surface area contributed by atoms with E-state index >= 15 is 4.39 Å². The SMILES string of the molecule is CON=C1CN(c2cc3c(cc2F)c(=O)c(C(=O)O)cn3C2CC2)CC1(C)CN.Cl. The van der Waals surface area contributed by atoms with E-state index in [1.54, 1.807) is 10.6 Å². The average molecular weight is 439 g/mol. The lowest BCUT2D eigenvalue weighted by atomic mass is 9.88. The largest absolute Gasteiger partial charge is 0.477 e. The Labute approximate surface area is 178 Å². The summed E-state index contributed by atoms with van der Waals surface area (Å²) in [6, 6.07) is 2.89. The maximum absolute atomic E-state index is 15.1. The Morgan fingerprint density at radius 2 is 2.13 bits per heavy atom. The predicted octanol–water partition coefficient (Wildman–Crippen LogP) is 2.38. The molecule has 1 saturated heterocycles. The van der Waals surface area contributed by atoms with E-state index in [9.17, 15) is 14.7 Å². The van der Waals surface area contributed by atoms with Crippen molar-refractivity contribution >= 4 is 40.7 Å². The lowest BCUT2D eigenvalue weighted by molar-refractivity contribution is 0.0695. The third kappa shape index (κ3) is 3.52. The summed E-state index contributed by atoms with van der Waals surface area (Å²) in [6.45, 7) is 3.08. The molecule has 2 aromatic rings. The van der Waals surface area contributed by atoms with Gasteiger partial charge in [-0.05, 0) is 25.0 Å². The van der Waals surface area contributed by atoms with Gasteiger partial charge in [0.1, 0.15) is 18.5 Å². The molecule has 1 aromatic heterocycles. The van der Waals surface area contributed by atoms with E-state index in [0.717, 1.165) is 24.6 Å². The number of carboxylic acid groups (broad SMARTS) is 1. The van der Waals surface area contributed by atoms with Gasteiger partial charge < -0.3 is 25.1 Å². The van der Waals surface area contributed by atoms with Gasteiger partial charge in [-0.15, -0.1) is 12.4 Å². The van der Waals surface area contributed by atoms with E-state index in [-0.39, 0.29) is 29.4 Å². The van der Waals surface area contributed by atoms with Crippen LogP contribution in [0.1, 0.15) is 36.2 Å². The van der Waals surface area contributed by atoms with Crippen molar-refractivity contribution in [2.24, 2.45) is 16.3 Å². The Balaban J connectivity index is 0.00000256. The number of hydrogen-bond acceptors (Lipinski definition) is 6. The van der Waals surface area contributed by atoms with Gasteiger partial charge in [-0.1, -0.05) is 12.1 Å². The van der Waals surface area contributed by atoms with Crippen LogP contribution in [0.15, 0.2) is 28.3 Å². The fourth-order valence-electron chi connectivity index (χ4n) is 3.95. The molecule has 162 valence electrons. The molecule has 0 bridgehead atoms. The Morgan fingerprint density at radius 3 is 2.70 bits per heavy atom. The van der Waals surface area contributed by atoms with Crippen molar-refractivity contribution in [3.8, 4) is 0 Å². The molecule has 2 aliphatic rings. The Kier molecular flexibility index (Phi) is 5.79. The number of halogens is 2. The molecule has 1 unspecified atom stereocenters. The third-order valence-corrected chi connectivity index (χ3v) is 5.84. The maximum Gasteiger partial charge on any atom is 0.341 e. The van der Waals surface area contributed by atoms with Crippen molar-refractivity contribution in [1.82, 2.24) is 4.57 Å². The first-order chi connectivity index (χ1) is 13.8. The average Bonchev–Trinajstić information content (AvgIpc) is 3.47. The second-order valence-electron chi connectivity index (χ2n) is 7.98. The van der Waals surface area contributed by atoms with Crippen molar-refractivity contribution in [3.63, 3.8) is 0 Å². The lowest BCUT2D eigenvalue weighted by Gasteiger charge is -2.24. The fraction of sp³-hybridized carbons (Fsp3) is 0.450. The number of fused-ring (bicyclic) bond motifs is 1. The quantitative estimate of drug-likeness (QED) is 0.693. The molecule has 2 heterocycles. The first-order valence-corrected chi connectivity index (χ1v) is 9.46. The summed E-state index contributed by atoms with van der Waals surface area (Å²) in [5.74, 6) is -1.90. The van der Waals surface area contributed by atoms with E-state index in [1.165, 1.54) is 13.3 Å². The Hall–Kier alpha value is -2.65. The molecular formula is C20H24ClFN4O4. The van der Waals surface area contributed by atoms with Gasteiger partial charge in [0, 0.05) is 36.1 Å². The van der Waals surface area contributed by atoms with Gasteiger partial charge in [0.25, 0.3) is 0 Å². The summed E-state index contributed by atoms with van der Waals surface area (Å²) in [5, 5.41) is 13.5. The van der Waals surface area contributed by atoms with E-state index in [0.29, 0.717) is 30.8 Å². The third-order valence-electron chi connectivity index (χ3n) is 5.84. The van der Waals surface area contributed by atoms with E-state index in [4.69, 9.17) is 10.6 Å². The van der Waals surface area contributed by atoms with Gasteiger partial charge in [-0.25, -0.2) is 9.18 Å². The molecule has 8 nitrogen and oxygen atoms in total. The van der Waals surface area contributed by atoms with Gasteiger partial charge in [0.2, 0.25) is 5.43 Å². The normalized spacial score (nSPS) is 22.4. The minimum absolute atomic E-state index is 0. The fourth-order valence-corrected chi connectivity index (χ4v) is 3.95. The molecule has 1 aliphatic carbocycles. The molecular weight excluding hydrogens is 415 g/mol. The van der Waals surface area contributed by atoms with Gasteiger partial charge in [-0.3, -0.25) is 4.79 Å². The zero-order chi connectivity index (χ0) is 20.9. The number of carboxylic acids is 1. The Morgan fingerprint density at radius 1 is 1.43 bits per heavy atom.